The first-order chi connectivity index (χ1) is 10.3. The van der Waals surface area contributed by atoms with Gasteiger partial charge in [-0.1, -0.05) is 11.6 Å². The molecule has 0 saturated heterocycles. The van der Waals surface area contributed by atoms with Crippen LogP contribution in [-0.4, -0.2) is 17.6 Å². The maximum Gasteiger partial charge on any atom is 0.129 e. The maximum atomic E-state index is 6.28. The lowest BCUT2D eigenvalue weighted by Crippen LogP contribution is -2.30. The Hall–Kier alpha value is -1.10. The van der Waals surface area contributed by atoms with Gasteiger partial charge in [0.1, 0.15) is 5.82 Å². The second-order valence-electron chi connectivity index (χ2n) is 5.83. The summed E-state index contributed by atoms with van der Waals surface area (Å²) in [7, 11) is 0. The molecule has 0 atom stereocenters. The number of hydrogen-bond acceptors (Lipinski definition) is 4. The van der Waals surface area contributed by atoms with Crippen LogP contribution in [0.5, 0.6) is 0 Å². The molecule has 2 aromatic heterocycles. The SMILES string of the molecule is Clc1cnc(N2CCc3sccc3C2)cc1CNC1CC1. The van der Waals surface area contributed by atoms with Gasteiger partial charge in [-0.2, -0.15) is 0 Å². The summed E-state index contributed by atoms with van der Waals surface area (Å²) >= 11 is 8.15. The Morgan fingerprint density at radius 1 is 1.43 bits per heavy atom. The fraction of sp³-hybridized carbons (Fsp3) is 0.438. The molecule has 0 aromatic carbocycles. The molecule has 1 aliphatic carbocycles. The smallest absolute Gasteiger partial charge is 0.129 e. The number of nitrogens with one attached hydrogen (secondary N) is 1. The van der Waals surface area contributed by atoms with E-state index >= 15 is 0 Å². The number of pyridine rings is 1. The highest BCUT2D eigenvalue weighted by Gasteiger charge is 2.22. The predicted octanol–water partition coefficient (Wildman–Crippen LogP) is 3.61. The van der Waals surface area contributed by atoms with Crippen molar-refractivity contribution in [1.82, 2.24) is 10.3 Å². The number of rotatable bonds is 4. The third-order valence-electron chi connectivity index (χ3n) is 4.21. The second-order valence-corrected chi connectivity index (χ2v) is 7.24. The van der Waals surface area contributed by atoms with Crippen molar-refractivity contribution in [3.05, 3.63) is 44.7 Å². The van der Waals surface area contributed by atoms with Gasteiger partial charge in [0.25, 0.3) is 0 Å². The molecule has 2 aliphatic rings. The van der Waals surface area contributed by atoms with Gasteiger partial charge >= 0.3 is 0 Å². The Balaban J connectivity index is 1.53. The van der Waals surface area contributed by atoms with Crippen molar-refractivity contribution in [3.8, 4) is 0 Å². The summed E-state index contributed by atoms with van der Waals surface area (Å²) < 4.78 is 0. The zero-order chi connectivity index (χ0) is 14.2. The Labute approximate surface area is 134 Å². The van der Waals surface area contributed by atoms with Crippen LogP contribution >= 0.6 is 22.9 Å². The number of fused-ring (bicyclic) bond motifs is 1. The van der Waals surface area contributed by atoms with E-state index in [0.717, 1.165) is 42.5 Å². The maximum absolute atomic E-state index is 6.28. The first-order valence-electron chi connectivity index (χ1n) is 7.47. The molecule has 1 N–H and O–H groups in total. The highest BCUT2D eigenvalue weighted by atomic mass is 35.5. The average Bonchev–Trinajstić information content (AvgIpc) is 3.21. The van der Waals surface area contributed by atoms with Crippen LogP contribution in [0.4, 0.5) is 5.82 Å². The van der Waals surface area contributed by atoms with E-state index in [1.807, 2.05) is 11.3 Å². The van der Waals surface area contributed by atoms with Crippen molar-refractivity contribution in [3.63, 3.8) is 0 Å². The molecule has 1 fully saturated rings. The van der Waals surface area contributed by atoms with Crippen molar-refractivity contribution in [2.24, 2.45) is 0 Å². The van der Waals surface area contributed by atoms with Crippen molar-refractivity contribution in [1.29, 1.82) is 0 Å². The van der Waals surface area contributed by atoms with Gasteiger partial charge in [0.05, 0.1) is 5.02 Å². The first kappa shape index (κ1) is 13.6. The number of hydrogen-bond donors (Lipinski definition) is 1. The van der Waals surface area contributed by atoms with Crippen LogP contribution < -0.4 is 10.2 Å². The summed E-state index contributed by atoms with van der Waals surface area (Å²) in [6, 6.07) is 5.08. The fourth-order valence-corrected chi connectivity index (χ4v) is 3.82. The minimum atomic E-state index is 0.695. The Morgan fingerprint density at radius 3 is 3.19 bits per heavy atom. The van der Waals surface area contributed by atoms with Crippen LogP contribution in [0.25, 0.3) is 0 Å². The summed E-state index contributed by atoms with van der Waals surface area (Å²) in [5, 5.41) is 6.48. The Kier molecular flexibility index (Phi) is 3.61. The van der Waals surface area contributed by atoms with Gasteiger partial charge in [0.15, 0.2) is 0 Å². The van der Waals surface area contributed by atoms with E-state index in [-0.39, 0.29) is 0 Å². The molecule has 2 aromatic rings. The van der Waals surface area contributed by atoms with Crippen LogP contribution in [0.15, 0.2) is 23.7 Å². The van der Waals surface area contributed by atoms with Crippen LogP contribution in [-0.2, 0) is 19.5 Å². The van der Waals surface area contributed by atoms with E-state index in [1.165, 1.54) is 23.3 Å². The minimum absolute atomic E-state index is 0.695. The van der Waals surface area contributed by atoms with E-state index in [2.05, 4.69) is 32.7 Å². The molecular weight excluding hydrogens is 302 g/mol. The number of anilines is 1. The normalized spacial score (nSPS) is 17.9. The zero-order valence-electron chi connectivity index (χ0n) is 11.8. The summed E-state index contributed by atoms with van der Waals surface area (Å²) in [6.45, 7) is 2.84. The molecule has 1 saturated carbocycles. The molecule has 0 bridgehead atoms. The summed E-state index contributed by atoms with van der Waals surface area (Å²) in [5.74, 6) is 1.05. The van der Waals surface area contributed by atoms with Crippen molar-refractivity contribution in [2.75, 3.05) is 11.4 Å². The molecule has 0 unspecified atom stereocenters. The number of halogens is 1. The molecule has 1 aliphatic heterocycles. The van der Waals surface area contributed by atoms with Gasteiger partial charge in [0.2, 0.25) is 0 Å². The van der Waals surface area contributed by atoms with Crippen LogP contribution in [0.2, 0.25) is 5.02 Å². The first-order valence-corrected chi connectivity index (χ1v) is 8.73. The third kappa shape index (κ3) is 2.93. The van der Waals surface area contributed by atoms with Gasteiger partial charge in [0, 0.05) is 36.8 Å². The topological polar surface area (TPSA) is 28.2 Å². The zero-order valence-corrected chi connectivity index (χ0v) is 13.4. The molecule has 3 nitrogen and oxygen atoms in total. The average molecular weight is 320 g/mol. The van der Waals surface area contributed by atoms with Gasteiger partial charge in [-0.25, -0.2) is 4.98 Å². The third-order valence-corrected chi connectivity index (χ3v) is 5.57. The Bertz CT molecular complexity index is 651. The molecule has 0 amide bonds. The molecule has 0 radical (unpaired) electrons. The quantitative estimate of drug-likeness (QED) is 0.933. The van der Waals surface area contributed by atoms with E-state index in [4.69, 9.17) is 11.6 Å². The monoisotopic (exact) mass is 319 g/mol. The lowest BCUT2D eigenvalue weighted by molar-refractivity contribution is 0.684. The molecule has 5 heteroatoms. The summed E-state index contributed by atoms with van der Waals surface area (Å²) in [6.07, 6.45) is 5.50. The summed E-state index contributed by atoms with van der Waals surface area (Å²) in [4.78, 5) is 8.41. The number of thiophene rings is 1. The highest BCUT2D eigenvalue weighted by Crippen LogP contribution is 2.29. The van der Waals surface area contributed by atoms with Gasteiger partial charge in [-0.05, 0) is 47.9 Å². The summed E-state index contributed by atoms with van der Waals surface area (Å²) in [5.41, 5.74) is 2.60. The second kappa shape index (κ2) is 5.59. The molecule has 3 heterocycles. The predicted molar refractivity (Wildman–Crippen MR) is 88.2 cm³/mol. The van der Waals surface area contributed by atoms with Gasteiger partial charge in [-0.15, -0.1) is 11.3 Å². The van der Waals surface area contributed by atoms with Gasteiger partial charge < -0.3 is 10.2 Å². The van der Waals surface area contributed by atoms with Crippen LogP contribution in [0.3, 0.4) is 0 Å². The number of aromatic nitrogens is 1. The molecule has 0 spiro atoms. The van der Waals surface area contributed by atoms with Crippen LogP contribution in [0, 0.1) is 0 Å². The van der Waals surface area contributed by atoms with Crippen molar-refractivity contribution >= 4 is 28.8 Å². The van der Waals surface area contributed by atoms with Crippen molar-refractivity contribution < 1.29 is 0 Å². The molecular formula is C16H18ClN3S. The number of nitrogens with zero attached hydrogens (tertiary/aromatic N) is 2. The standard InChI is InChI=1S/C16H18ClN3S/c17-14-9-19-16(7-12(14)8-18-13-1-2-13)20-5-3-15-11(10-20)4-6-21-15/h4,6-7,9,13,18H,1-3,5,8,10H2. The van der Waals surface area contributed by atoms with E-state index in [9.17, 15) is 0 Å². The Morgan fingerprint density at radius 2 is 2.33 bits per heavy atom. The lowest BCUT2D eigenvalue weighted by Gasteiger charge is -2.28. The fourth-order valence-electron chi connectivity index (χ4n) is 2.76. The largest absolute Gasteiger partial charge is 0.352 e. The van der Waals surface area contributed by atoms with Crippen LogP contribution in [0.1, 0.15) is 28.8 Å². The molecule has 4 rings (SSSR count). The molecule has 110 valence electrons. The van der Waals surface area contributed by atoms with E-state index in [0.29, 0.717) is 6.04 Å². The highest BCUT2D eigenvalue weighted by molar-refractivity contribution is 7.10. The van der Waals surface area contributed by atoms with E-state index in [1.54, 1.807) is 6.20 Å². The van der Waals surface area contributed by atoms with Gasteiger partial charge in [-0.3, -0.25) is 0 Å². The lowest BCUT2D eigenvalue weighted by atomic mass is 10.1. The molecule has 21 heavy (non-hydrogen) atoms. The van der Waals surface area contributed by atoms with Crippen molar-refractivity contribution in [2.45, 2.75) is 38.4 Å². The van der Waals surface area contributed by atoms with E-state index < -0.39 is 0 Å². The minimum Gasteiger partial charge on any atom is -0.352 e.